The summed E-state index contributed by atoms with van der Waals surface area (Å²) in [7, 11) is 0. The third-order valence-corrected chi connectivity index (χ3v) is 4.77. The molecule has 0 aliphatic rings. The quantitative estimate of drug-likeness (QED) is 0.479. The largest absolute Gasteiger partial charge is 0.318 e. The zero-order chi connectivity index (χ0) is 18.7. The summed E-state index contributed by atoms with van der Waals surface area (Å²) in [4.78, 5) is 12.8. The first-order chi connectivity index (χ1) is 12.5. The number of carbonyl (C=O) groups is 1. The predicted molar refractivity (Wildman–Crippen MR) is 107 cm³/mol. The van der Waals surface area contributed by atoms with Crippen molar-refractivity contribution in [3.8, 4) is 5.69 Å². The van der Waals surface area contributed by atoms with Gasteiger partial charge in [-0.2, -0.15) is 0 Å². The van der Waals surface area contributed by atoms with Crippen molar-refractivity contribution in [3.63, 3.8) is 0 Å². The second-order valence-corrected chi connectivity index (χ2v) is 6.70. The minimum Gasteiger partial charge on any atom is -0.318 e. The minimum atomic E-state index is 0.174. The van der Waals surface area contributed by atoms with E-state index < -0.39 is 0 Å². The summed E-state index contributed by atoms with van der Waals surface area (Å²) in [5.74, 6) is 0.174. The van der Waals surface area contributed by atoms with E-state index in [1.54, 1.807) is 6.92 Å². The van der Waals surface area contributed by atoms with Crippen LogP contribution in [-0.2, 0) is 6.42 Å². The molecule has 3 aromatic rings. The standard InChI is InChI=1S/C23H24N2O/c1-16-15-22(18(3)25(16)21-7-5-4-6-8-21)23(26)14-11-19-9-12-20(13-10-19)17(2)24/h4-10,12-13,15,24H,11,14H2,1-3H3. The first-order valence-corrected chi connectivity index (χ1v) is 8.89. The fraction of sp³-hybridized carbons (Fsp3) is 0.217. The second-order valence-electron chi connectivity index (χ2n) is 6.70. The zero-order valence-electron chi connectivity index (χ0n) is 15.5. The topological polar surface area (TPSA) is 45.9 Å². The van der Waals surface area contributed by atoms with Crippen LogP contribution in [0.4, 0.5) is 0 Å². The Labute approximate surface area is 154 Å². The summed E-state index contributed by atoms with van der Waals surface area (Å²) in [5, 5.41) is 7.65. The van der Waals surface area contributed by atoms with Crippen molar-refractivity contribution >= 4 is 11.5 Å². The number of ketones is 1. The van der Waals surface area contributed by atoms with E-state index in [0.29, 0.717) is 18.6 Å². The molecule has 132 valence electrons. The molecule has 1 aromatic heterocycles. The van der Waals surface area contributed by atoms with Crippen molar-refractivity contribution in [2.24, 2.45) is 0 Å². The Hall–Kier alpha value is -2.94. The summed E-state index contributed by atoms with van der Waals surface area (Å²) in [6.07, 6.45) is 1.20. The van der Waals surface area contributed by atoms with Gasteiger partial charge in [0.25, 0.3) is 0 Å². The maximum atomic E-state index is 12.8. The molecule has 0 radical (unpaired) electrons. The van der Waals surface area contributed by atoms with Crippen molar-refractivity contribution in [1.29, 1.82) is 5.41 Å². The first-order valence-electron chi connectivity index (χ1n) is 8.89. The van der Waals surface area contributed by atoms with Gasteiger partial charge in [-0.25, -0.2) is 0 Å². The van der Waals surface area contributed by atoms with Crippen molar-refractivity contribution in [1.82, 2.24) is 4.57 Å². The van der Waals surface area contributed by atoms with Crippen LogP contribution < -0.4 is 0 Å². The van der Waals surface area contributed by atoms with Crippen LogP contribution in [0.25, 0.3) is 5.69 Å². The number of nitrogens with zero attached hydrogens (tertiary/aromatic N) is 1. The van der Waals surface area contributed by atoms with E-state index in [0.717, 1.165) is 33.8 Å². The lowest BCUT2D eigenvalue weighted by molar-refractivity contribution is 0.0982. The monoisotopic (exact) mass is 344 g/mol. The molecule has 0 saturated carbocycles. The maximum absolute atomic E-state index is 12.8. The molecule has 1 heterocycles. The smallest absolute Gasteiger partial charge is 0.165 e. The second kappa shape index (κ2) is 7.52. The van der Waals surface area contributed by atoms with E-state index in [1.807, 2.05) is 62.4 Å². The van der Waals surface area contributed by atoms with Gasteiger partial charge in [0, 0.05) is 34.8 Å². The maximum Gasteiger partial charge on any atom is 0.165 e. The summed E-state index contributed by atoms with van der Waals surface area (Å²) < 4.78 is 2.13. The molecule has 3 heteroatoms. The Morgan fingerprint density at radius 2 is 1.65 bits per heavy atom. The third kappa shape index (κ3) is 3.67. The molecule has 0 aliphatic heterocycles. The fourth-order valence-corrected chi connectivity index (χ4v) is 3.33. The van der Waals surface area contributed by atoms with Crippen molar-refractivity contribution in [2.45, 2.75) is 33.6 Å². The molecule has 3 nitrogen and oxygen atoms in total. The SMILES string of the molecule is CC(=N)c1ccc(CCC(=O)c2cc(C)n(-c3ccccc3)c2C)cc1. The number of aromatic nitrogens is 1. The zero-order valence-corrected chi connectivity index (χ0v) is 15.5. The lowest BCUT2D eigenvalue weighted by atomic mass is 10.0. The van der Waals surface area contributed by atoms with E-state index in [4.69, 9.17) is 5.41 Å². The molecular weight excluding hydrogens is 320 g/mol. The van der Waals surface area contributed by atoms with Crippen molar-refractivity contribution in [3.05, 3.63) is 88.7 Å². The molecular formula is C23H24N2O. The lowest BCUT2D eigenvalue weighted by Crippen LogP contribution is -2.04. The van der Waals surface area contributed by atoms with Crippen molar-refractivity contribution < 1.29 is 4.79 Å². The van der Waals surface area contributed by atoms with E-state index in [2.05, 4.69) is 16.7 Å². The number of Topliss-reactive ketones (excluding diaryl/α,β-unsaturated/α-hetero) is 1. The molecule has 0 spiro atoms. The summed E-state index contributed by atoms with van der Waals surface area (Å²) in [6.45, 7) is 5.82. The Balaban J connectivity index is 1.75. The average molecular weight is 344 g/mol. The molecule has 26 heavy (non-hydrogen) atoms. The summed E-state index contributed by atoms with van der Waals surface area (Å²) in [6, 6.07) is 20.0. The summed E-state index contributed by atoms with van der Waals surface area (Å²) in [5.41, 5.74) is 6.56. The number of nitrogens with one attached hydrogen (secondary N) is 1. The van der Waals surface area contributed by atoms with Gasteiger partial charge in [-0.15, -0.1) is 0 Å². The molecule has 0 fully saturated rings. The van der Waals surface area contributed by atoms with E-state index in [1.165, 1.54) is 0 Å². The van der Waals surface area contributed by atoms with Crippen LogP contribution in [0.5, 0.6) is 0 Å². The Bertz CT molecular complexity index is 934. The third-order valence-electron chi connectivity index (χ3n) is 4.77. The van der Waals surface area contributed by atoms with Gasteiger partial charge in [-0.1, -0.05) is 42.5 Å². The highest BCUT2D eigenvalue weighted by atomic mass is 16.1. The Morgan fingerprint density at radius 1 is 1.00 bits per heavy atom. The van der Waals surface area contributed by atoms with Gasteiger partial charge in [0.15, 0.2) is 5.78 Å². The molecule has 2 aromatic carbocycles. The highest BCUT2D eigenvalue weighted by Crippen LogP contribution is 2.22. The molecule has 0 unspecified atom stereocenters. The molecule has 0 amide bonds. The fourth-order valence-electron chi connectivity index (χ4n) is 3.33. The van der Waals surface area contributed by atoms with Gasteiger partial charge in [0.05, 0.1) is 0 Å². The molecule has 0 atom stereocenters. The highest BCUT2D eigenvalue weighted by Gasteiger charge is 2.16. The summed E-state index contributed by atoms with van der Waals surface area (Å²) >= 11 is 0. The number of benzene rings is 2. The van der Waals surface area contributed by atoms with Gasteiger partial charge in [-0.05, 0) is 56.5 Å². The number of aryl methyl sites for hydroxylation is 2. The highest BCUT2D eigenvalue weighted by molar-refractivity contribution is 5.98. The van der Waals surface area contributed by atoms with Crippen LogP contribution in [0.3, 0.4) is 0 Å². The van der Waals surface area contributed by atoms with Gasteiger partial charge in [0.1, 0.15) is 0 Å². The van der Waals surface area contributed by atoms with Crippen LogP contribution >= 0.6 is 0 Å². The Morgan fingerprint density at radius 3 is 2.27 bits per heavy atom. The van der Waals surface area contributed by atoms with Crippen LogP contribution in [0.15, 0.2) is 60.7 Å². The normalized spacial score (nSPS) is 10.7. The van der Waals surface area contributed by atoms with Crippen LogP contribution in [-0.4, -0.2) is 16.1 Å². The Kier molecular flexibility index (Phi) is 5.17. The van der Waals surface area contributed by atoms with E-state index in [9.17, 15) is 4.79 Å². The van der Waals surface area contributed by atoms with E-state index >= 15 is 0 Å². The molecule has 1 N–H and O–H groups in total. The number of carbonyl (C=O) groups excluding carboxylic acids is 1. The van der Waals surface area contributed by atoms with Gasteiger partial charge < -0.3 is 9.98 Å². The number of hydrogen-bond donors (Lipinski definition) is 1. The van der Waals surface area contributed by atoms with Crippen LogP contribution in [0.1, 0.15) is 46.2 Å². The molecule has 0 saturated heterocycles. The van der Waals surface area contributed by atoms with Crippen molar-refractivity contribution in [2.75, 3.05) is 0 Å². The minimum absolute atomic E-state index is 0.174. The molecule has 3 rings (SSSR count). The van der Waals surface area contributed by atoms with Crippen LogP contribution in [0.2, 0.25) is 0 Å². The lowest BCUT2D eigenvalue weighted by Gasteiger charge is -2.09. The number of para-hydroxylation sites is 1. The van der Waals surface area contributed by atoms with Gasteiger partial charge in [-0.3, -0.25) is 4.79 Å². The molecule has 0 bridgehead atoms. The molecule has 0 aliphatic carbocycles. The number of rotatable bonds is 6. The average Bonchev–Trinajstić information content (AvgIpc) is 2.95. The van der Waals surface area contributed by atoms with Gasteiger partial charge >= 0.3 is 0 Å². The predicted octanol–water partition coefficient (Wildman–Crippen LogP) is 5.30. The van der Waals surface area contributed by atoms with Crippen LogP contribution in [0, 0.1) is 19.3 Å². The van der Waals surface area contributed by atoms with E-state index in [-0.39, 0.29) is 5.78 Å². The van der Waals surface area contributed by atoms with Gasteiger partial charge in [0.2, 0.25) is 0 Å². The first kappa shape index (κ1) is 17.9. The number of hydrogen-bond acceptors (Lipinski definition) is 2.